The van der Waals surface area contributed by atoms with E-state index >= 15 is 0 Å². The lowest BCUT2D eigenvalue weighted by atomic mass is 9.90. The minimum absolute atomic E-state index is 0.0527. The maximum Gasteiger partial charge on any atom is 0.272 e. The molecule has 1 unspecified atom stereocenters. The molecule has 1 aromatic heterocycles. The van der Waals surface area contributed by atoms with Crippen LogP contribution in [0.3, 0.4) is 0 Å². The van der Waals surface area contributed by atoms with E-state index in [1.165, 1.54) is 11.8 Å². The van der Waals surface area contributed by atoms with Gasteiger partial charge in [-0.25, -0.2) is 4.99 Å². The number of aliphatic imine (C=N–C) groups is 1. The van der Waals surface area contributed by atoms with E-state index < -0.39 is 29.4 Å². The van der Waals surface area contributed by atoms with Crippen LogP contribution in [0.15, 0.2) is 77.9 Å². The monoisotopic (exact) mass is 573 g/mol. The van der Waals surface area contributed by atoms with Gasteiger partial charge in [-0.05, 0) is 42.8 Å². The number of amides is 3. The first kappa shape index (κ1) is 29.6. The number of nitrogens with one attached hydrogen (secondary N) is 2. The van der Waals surface area contributed by atoms with Crippen LogP contribution in [0.2, 0.25) is 5.02 Å². The van der Waals surface area contributed by atoms with Crippen LogP contribution in [0.4, 0.5) is 5.69 Å². The first-order valence-electron chi connectivity index (χ1n) is 13.2. The number of anilines is 1. The fourth-order valence-electron chi connectivity index (χ4n) is 4.18. The number of fused-ring (bicyclic) bond motifs is 1. The third-order valence-corrected chi connectivity index (χ3v) is 6.83. The zero-order valence-corrected chi connectivity index (χ0v) is 24.1. The molecule has 2 aromatic carbocycles. The molecule has 41 heavy (non-hydrogen) atoms. The zero-order chi connectivity index (χ0) is 29.7. The smallest absolute Gasteiger partial charge is 0.272 e. The number of halogens is 1. The third kappa shape index (κ3) is 7.24. The Morgan fingerprint density at radius 2 is 1.68 bits per heavy atom. The van der Waals surface area contributed by atoms with Crippen LogP contribution in [0.25, 0.3) is 0 Å². The van der Waals surface area contributed by atoms with Gasteiger partial charge in [0.05, 0.1) is 30.1 Å². The summed E-state index contributed by atoms with van der Waals surface area (Å²) in [5, 5.41) is 5.89. The molecule has 0 spiro atoms. The van der Waals surface area contributed by atoms with E-state index in [1.807, 2.05) is 6.07 Å². The maximum atomic E-state index is 13.9. The van der Waals surface area contributed by atoms with Crippen molar-refractivity contribution in [2.24, 2.45) is 10.4 Å². The number of ketones is 1. The van der Waals surface area contributed by atoms with Crippen molar-refractivity contribution in [3.63, 3.8) is 0 Å². The molecular weight excluding hydrogens is 542 g/mol. The number of carbonyl (C=O) groups excluding carboxylic acids is 4. The van der Waals surface area contributed by atoms with Crippen molar-refractivity contribution < 1.29 is 19.2 Å². The minimum Gasteiger partial charge on any atom is -0.344 e. The van der Waals surface area contributed by atoms with Crippen LogP contribution in [0.1, 0.15) is 44.5 Å². The predicted molar refractivity (Wildman–Crippen MR) is 158 cm³/mol. The molecule has 3 amide bonds. The van der Waals surface area contributed by atoms with Gasteiger partial charge in [0, 0.05) is 22.2 Å². The van der Waals surface area contributed by atoms with Crippen molar-refractivity contribution in [1.29, 1.82) is 0 Å². The Hall–Kier alpha value is -4.37. The summed E-state index contributed by atoms with van der Waals surface area (Å²) in [6, 6.07) is 18.3. The van der Waals surface area contributed by atoms with Crippen molar-refractivity contribution in [3.05, 3.63) is 94.8 Å². The number of hydrogen-bond acceptors (Lipinski definition) is 6. The van der Waals surface area contributed by atoms with Crippen LogP contribution >= 0.6 is 11.6 Å². The fourth-order valence-corrected chi connectivity index (χ4v) is 4.31. The molecule has 0 bridgehead atoms. The molecule has 0 aliphatic carbocycles. The Balaban J connectivity index is 1.63. The van der Waals surface area contributed by atoms with Gasteiger partial charge >= 0.3 is 0 Å². The van der Waals surface area contributed by atoms with Crippen molar-refractivity contribution in [2.45, 2.75) is 46.3 Å². The second-order valence-corrected chi connectivity index (χ2v) is 11.2. The molecule has 0 radical (unpaired) electrons. The van der Waals surface area contributed by atoms with E-state index in [0.717, 1.165) is 5.56 Å². The van der Waals surface area contributed by atoms with Crippen LogP contribution in [-0.2, 0) is 25.6 Å². The minimum atomic E-state index is -1.37. The van der Waals surface area contributed by atoms with E-state index in [0.29, 0.717) is 27.7 Å². The highest BCUT2D eigenvalue weighted by molar-refractivity contribution is 6.30. The first-order valence-corrected chi connectivity index (χ1v) is 13.6. The summed E-state index contributed by atoms with van der Waals surface area (Å²) in [7, 11) is 0. The van der Waals surface area contributed by atoms with Crippen molar-refractivity contribution in [3.8, 4) is 0 Å². The SMILES string of the molecule is C[C@H](NC(=O)Cc1ccc(Cl)cc1)C(=O)NC1N=C(c2ccccn2)c2ccccc2N(CC(=O)C(C)(C)C)C1=O. The highest BCUT2D eigenvalue weighted by Crippen LogP contribution is 2.29. The van der Waals surface area contributed by atoms with Gasteiger partial charge in [-0.3, -0.25) is 24.2 Å². The normalized spacial score (nSPS) is 15.7. The molecule has 2 N–H and O–H groups in total. The van der Waals surface area contributed by atoms with Gasteiger partial charge in [0.25, 0.3) is 5.91 Å². The van der Waals surface area contributed by atoms with E-state index in [-0.39, 0.29) is 24.7 Å². The summed E-state index contributed by atoms with van der Waals surface area (Å²) in [4.78, 5) is 63.3. The molecule has 212 valence electrons. The van der Waals surface area contributed by atoms with E-state index in [9.17, 15) is 19.2 Å². The maximum absolute atomic E-state index is 13.9. The number of Topliss-reactive ketones (excluding diaryl/α,β-unsaturated/α-hetero) is 1. The highest BCUT2D eigenvalue weighted by Gasteiger charge is 2.36. The standard InChI is InChI=1S/C31H32ClN5O4/c1-19(34-26(39)17-20-12-14-21(32)15-13-20)29(40)36-28-30(41)37(18-25(38)31(2,3)4)24-11-6-5-9-22(24)27(35-28)23-10-7-8-16-33-23/h5-16,19,28H,17-18H2,1-4H3,(H,34,39)(H,36,40)/t19-,28?/m0/s1. The van der Waals surface area contributed by atoms with Crippen molar-refractivity contribution >= 4 is 46.5 Å². The number of para-hydroxylation sites is 1. The van der Waals surface area contributed by atoms with E-state index in [4.69, 9.17) is 11.6 Å². The fraction of sp³-hybridized carbons (Fsp3) is 0.290. The molecule has 2 atom stereocenters. The molecule has 2 heterocycles. The molecule has 1 aliphatic heterocycles. The second kappa shape index (κ2) is 12.4. The second-order valence-electron chi connectivity index (χ2n) is 10.8. The van der Waals surface area contributed by atoms with Gasteiger partial charge in [0.1, 0.15) is 6.04 Å². The number of hydrogen-bond donors (Lipinski definition) is 2. The van der Waals surface area contributed by atoms with Gasteiger partial charge in [0.15, 0.2) is 5.78 Å². The highest BCUT2D eigenvalue weighted by atomic mass is 35.5. The number of pyridine rings is 1. The van der Waals surface area contributed by atoms with Gasteiger partial charge < -0.3 is 15.5 Å². The zero-order valence-electron chi connectivity index (χ0n) is 23.3. The molecule has 0 fully saturated rings. The lowest BCUT2D eigenvalue weighted by molar-refractivity contribution is -0.131. The average molecular weight is 574 g/mol. The van der Waals surface area contributed by atoms with Crippen molar-refractivity contribution in [2.75, 3.05) is 11.4 Å². The Bertz CT molecular complexity index is 1480. The Kier molecular flexibility index (Phi) is 8.98. The van der Waals surface area contributed by atoms with Crippen LogP contribution < -0.4 is 15.5 Å². The average Bonchev–Trinajstić information content (AvgIpc) is 3.05. The largest absolute Gasteiger partial charge is 0.344 e. The molecule has 10 heteroatoms. The number of nitrogens with zero attached hydrogens (tertiary/aromatic N) is 3. The third-order valence-electron chi connectivity index (χ3n) is 6.58. The summed E-state index contributed by atoms with van der Waals surface area (Å²) in [6.07, 6.45) is 0.298. The Labute approximate surface area is 244 Å². The molecule has 3 aromatic rings. The molecule has 0 saturated carbocycles. The van der Waals surface area contributed by atoms with Crippen LogP contribution in [-0.4, -0.2) is 53.0 Å². The molecule has 1 aliphatic rings. The Morgan fingerprint density at radius 3 is 2.34 bits per heavy atom. The summed E-state index contributed by atoms with van der Waals surface area (Å²) >= 11 is 5.91. The number of benzodiazepines with no additional fused rings is 1. The van der Waals surface area contributed by atoms with Gasteiger partial charge in [-0.15, -0.1) is 0 Å². The number of aromatic nitrogens is 1. The molecule has 0 saturated heterocycles. The molecule has 4 rings (SSSR count). The van der Waals surface area contributed by atoms with Gasteiger partial charge in [-0.1, -0.05) is 68.8 Å². The summed E-state index contributed by atoms with van der Waals surface area (Å²) in [6.45, 7) is 6.67. The summed E-state index contributed by atoms with van der Waals surface area (Å²) in [5.74, 6) is -1.71. The van der Waals surface area contributed by atoms with Gasteiger partial charge in [-0.2, -0.15) is 0 Å². The van der Waals surface area contributed by atoms with E-state index in [2.05, 4.69) is 20.6 Å². The first-order chi connectivity index (χ1) is 19.4. The lowest BCUT2D eigenvalue weighted by Gasteiger charge is -2.28. The summed E-state index contributed by atoms with van der Waals surface area (Å²) < 4.78 is 0. The van der Waals surface area contributed by atoms with Gasteiger partial charge in [0.2, 0.25) is 18.0 Å². The van der Waals surface area contributed by atoms with Crippen LogP contribution in [0, 0.1) is 5.41 Å². The molecule has 9 nitrogen and oxygen atoms in total. The van der Waals surface area contributed by atoms with Crippen molar-refractivity contribution in [1.82, 2.24) is 15.6 Å². The van der Waals surface area contributed by atoms with Crippen LogP contribution in [0.5, 0.6) is 0 Å². The Morgan fingerprint density at radius 1 is 1.00 bits per heavy atom. The quantitative estimate of drug-likeness (QED) is 0.425. The topological polar surface area (TPSA) is 121 Å². The van der Waals surface area contributed by atoms with E-state index in [1.54, 1.807) is 87.6 Å². The summed E-state index contributed by atoms with van der Waals surface area (Å²) in [5.41, 5.74) is 2.02. The molecular formula is C31H32ClN5O4. The number of carbonyl (C=O) groups is 4. The lowest BCUT2D eigenvalue weighted by Crippen LogP contribution is -2.54. The number of benzene rings is 2. The predicted octanol–water partition coefficient (Wildman–Crippen LogP) is 3.72. The number of rotatable bonds is 8.